The third-order valence-corrected chi connectivity index (χ3v) is 7.01. The summed E-state index contributed by atoms with van der Waals surface area (Å²) in [5.41, 5.74) is 1.15. The summed E-state index contributed by atoms with van der Waals surface area (Å²) in [5.74, 6) is 0.986. The minimum absolute atomic E-state index is 0.101. The van der Waals surface area contributed by atoms with E-state index >= 15 is 0 Å². The van der Waals surface area contributed by atoms with Crippen LogP contribution in [-0.2, 0) is 14.8 Å². The van der Waals surface area contributed by atoms with Crippen LogP contribution in [0.1, 0.15) is 28.9 Å². The summed E-state index contributed by atoms with van der Waals surface area (Å²) < 4.78 is 43.4. The van der Waals surface area contributed by atoms with E-state index in [0.29, 0.717) is 51.0 Å². The first kappa shape index (κ1) is 20.6. The number of carbonyl (C=O) groups is 1. The SMILES string of the molecule is CC(NC(=O)c1cccc(S(=O)(=O)N2CCOCC2)c1)c1ccc2c(c1)OCCO2. The predicted octanol–water partition coefficient (Wildman–Crippen LogP) is 1.97. The van der Waals surface area contributed by atoms with E-state index in [9.17, 15) is 13.2 Å². The summed E-state index contributed by atoms with van der Waals surface area (Å²) in [6.45, 7) is 4.21. The van der Waals surface area contributed by atoms with Gasteiger partial charge in [-0.3, -0.25) is 4.79 Å². The van der Waals surface area contributed by atoms with E-state index in [-0.39, 0.29) is 22.4 Å². The molecular weight excluding hydrogens is 408 g/mol. The second-order valence-electron chi connectivity index (χ2n) is 7.14. The first-order valence-electron chi connectivity index (χ1n) is 9.83. The van der Waals surface area contributed by atoms with Crippen LogP contribution in [0.25, 0.3) is 0 Å². The maximum absolute atomic E-state index is 12.9. The van der Waals surface area contributed by atoms with Crippen molar-refractivity contribution in [3.05, 3.63) is 53.6 Å². The van der Waals surface area contributed by atoms with Crippen molar-refractivity contribution < 1.29 is 27.4 Å². The third-order valence-electron chi connectivity index (χ3n) is 5.12. The number of amides is 1. The van der Waals surface area contributed by atoms with Gasteiger partial charge in [-0.25, -0.2) is 8.42 Å². The zero-order valence-electron chi connectivity index (χ0n) is 16.7. The van der Waals surface area contributed by atoms with Crippen LogP contribution in [0.3, 0.4) is 0 Å². The van der Waals surface area contributed by atoms with Crippen molar-refractivity contribution >= 4 is 15.9 Å². The number of nitrogens with one attached hydrogen (secondary N) is 1. The molecule has 2 heterocycles. The molecule has 0 radical (unpaired) electrons. The Labute approximate surface area is 175 Å². The quantitative estimate of drug-likeness (QED) is 0.776. The van der Waals surface area contributed by atoms with Gasteiger partial charge in [-0.15, -0.1) is 0 Å². The standard InChI is InChI=1S/C21H24N2O6S/c1-15(16-5-6-19-20(14-16)29-12-11-28-19)22-21(24)17-3-2-4-18(13-17)30(25,26)23-7-9-27-10-8-23/h2-6,13-15H,7-12H2,1H3,(H,22,24). The molecule has 4 rings (SSSR count). The lowest BCUT2D eigenvalue weighted by atomic mass is 10.1. The van der Waals surface area contributed by atoms with Gasteiger partial charge in [-0.2, -0.15) is 4.31 Å². The van der Waals surface area contributed by atoms with Crippen molar-refractivity contribution in [2.45, 2.75) is 17.9 Å². The second kappa shape index (κ2) is 8.63. The largest absolute Gasteiger partial charge is 0.486 e. The Balaban J connectivity index is 1.49. The molecule has 0 aromatic heterocycles. The third kappa shape index (κ3) is 4.28. The van der Waals surface area contributed by atoms with Crippen LogP contribution in [-0.4, -0.2) is 58.1 Å². The number of rotatable bonds is 5. The molecule has 1 unspecified atom stereocenters. The fourth-order valence-corrected chi connectivity index (χ4v) is 4.88. The van der Waals surface area contributed by atoms with E-state index in [0.717, 1.165) is 5.56 Å². The molecule has 9 heteroatoms. The van der Waals surface area contributed by atoms with Gasteiger partial charge in [0.1, 0.15) is 13.2 Å². The highest BCUT2D eigenvalue weighted by molar-refractivity contribution is 7.89. The number of sulfonamides is 1. The lowest BCUT2D eigenvalue weighted by Gasteiger charge is -2.26. The number of nitrogens with zero attached hydrogens (tertiary/aromatic N) is 1. The molecule has 1 saturated heterocycles. The van der Waals surface area contributed by atoms with Gasteiger partial charge in [0.05, 0.1) is 24.2 Å². The van der Waals surface area contributed by atoms with Crippen LogP contribution in [0.5, 0.6) is 11.5 Å². The van der Waals surface area contributed by atoms with Gasteiger partial charge >= 0.3 is 0 Å². The molecular formula is C21H24N2O6S. The summed E-state index contributed by atoms with van der Waals surface area (Å²) in [6.07, 6.45) is 0. The number of hydrogen-bond acceptors (Lipinski definition) is 6. The molecule has 2 aromatic carbocycles. The Bertz CT molecular complexity index is 1030. The minimum Gasteiger partial charge on any atom is -0.486 e. The van der Waals surface area contributed by atoms with Gasteiger partial charge in [0.25, 0.3) is 5.91 Å². The molecule has 2 aromatic rings. The molecule has 30 heavy (non-hydrogen) atoms. The smallest absolute Gasteiger partial charge is 0.251 e. The average Bonchev–Trinajstić information content (AvgIpc) is 2.79. The highest BCUT2D eigenvalue weighted by atomic mass is 32.2. The molecule has 0 saturated carbocycles. The Morgan fingerprint density at radius 3 is 2.50 bits per heavy atom. The van der Waals surface area contributed by atoms with Gasteiger partial charge < -0.3 is 19.5 Å². The highest BCUT2D eigenvalue weighted by Crippen LogP contribution is 2.32. The van der Waals surface area contributed by atoms with Gasteiger partial charge in [-0.05, 0) is 42.8 Å². The van der Waals surface area contributed by atoms with Gasteiger partial charge in [-0.1, -0.05) is 12.1 Å². The summed E-state index contributed by atoms with van der Waals surface area (Å²) in [5, 5.41) is 2.91. The van der Waals surface area contributed by atoms with Crippen molar-refractivity contribution in [3.63, 3.8) is 0 Å². The van der Waals surface area contributed by atoms with Crippen LogP contribution in [0.4, 0.5) is 0 Å². The number of hydrogen-bond donors (Lipinski definition) is 1. The first-order chi connectivity index (χ1) is 14.4. The molecule has 0 bridgehead atoms. The molecule has 1 atom stereocenters. The van der Waals surface area contributed by atoms with Crippen molar-refractivity contribution in [2.75, 3.05) is 39.5 Å². The van der Waals surface area contributed by atoms with Gasteiger partial charge in [0.2, 0.25) is 10.0 Å². The van der Waals surface area contributed by atoms with Crippen molar-refractivity contribution in [1.29, 1.82) is 0 Å². The average molecular weight is 432 g/mol. The molecule has 1 N–H and O–H groups in total. The van der Waals surface area contributed by atoms with E-state index in [1.807, 2.05) is 25.1 Å². The molecule has 0 aliphatic carbocycles. The second-order valence-corrected chi connectivity index (χ2v) is 9.08. The maximum Gasteiger partial charge on any atom is 0.251 e. The summed E-state index contributed by atoms with van der Waals surface area (Å²) in [6, 6.07) is 11.3. The zero-order valence-corrected chi connectivity index (χ0v) is 17.5. The molecule has 160 valence electrons. The Hall–Kier alpha value is -2.62. The van der Waals surface area contributed by atoms with E-state index in [4.69, 9.17) is 14.2 Å². The minimum atomic E-state index is -3.67. The van der Waals surface area contributed by atoms with Crippen molar-refractivity contribution in [2.24, 2.45) is 0 Å². The number of ether oxygens (including phenoxy) is 3. The number of fused-ring (bicyclic) bond motifs is 1. The van der Waals surface area contributed by atoms with E-state index in [2.05, 4.69) is 5.32 Å². The molecule has 1 amide bonds. The molecule has 2 aliphatic rings. The monoisotopic (exact) mass is 432 g/mol. The zero-order chi connectivity index (χ0) is 21.1. The predicted molar refractivity (Wildman–Crippen MR) is 109 cm³/mol. The van der Waals surface area contributed by atoms with E-state index in [1.165, 1.54) is 16.4 Å². The van der Waals surface area contributed by atoms with Crippen LogP contribution in [0.15, 0.2) is 47.4 Å². The van der Waals surface area contributed by atoms with E-state index in [1.54, 1.807) is 12.1 Å². The topological polar surface area (TPSA) is 94.2 Å². The Morgan fingerprint density at radius 1 is 1.00 bits per heavy atom. The van der Waals surface area contributed by atoms with Crippen LogP contribution in [0.2, 0.25) is 0 Å². The summed E-state index contributed by atoms with van der Waals surface area (Å²) in [4.78, 5) is 12.9. The molecule has 2 aliphatic heterocycles. The summed E-state index contributed by atoms with van der Waals surface area (Å²) >= 11 is 0. The van der Waals surface area contributed by atoms with Crippen molar-refractivity contribution in [3.8, 4) is 11.5 Å². The van der Waals surface area contributed by atoms with Crippen LogP contribution >= 0.6 is 0 Å². The van der Waals surface area contributed by atoms with Gasteiger partial charge in [0.15, 0.2) is 11.5 Å². The first-order valence-corrected chi connectivity index (χ1v) is 11.3. The number of morpholine rings is 1. The van der Waals surface area contributed by atoms with Crippen LogP contribution in [0, 0.1) is 0 Å². The van der Waals surface area contributed by atoms with Crippen molar-refractivity contribution in [1.82, 2.24) is 9.62 Å². The lowest BCUT2D eigenvalue weighted by Crippen LogP contribution is -2.40. The van der Waals surface area contributed by atoms with Crippen LogP contribution < -0.4 is 14.8 Å². The fraction of sp³-hybridized carbons (Fsp3) is 0.381. The maximum atomic E-state index is 12.9. The Kier molecular flexibility index (Phi) is 5.94. The lowest BCUT2D eigenvalue weighted by molar-refractivity contribution is 0.0730. The molecule has 8 nitrogen and oxygen atoms in total. The van der Waals surface area contributed by atoms with Gasteiger partial charge in [0, 0.05) is 18.7 Å². The molecule has 0 spiro atoms. The number of benzene rings is 2. The molecule has 1 fully saturated rings. The fourth-order valence-electron chi connectivity index (χ4n) is 3.43. The Morgan fingerprint density at radius 2 is 1.73 bits per heavy atom. The number of carbonyl (C=O) groups excluding carboxylic acids is 1. The normalized spacial score (nSPS) is 17.9. The van der Waals surface area contributed by atoms with E-state index < -0.39 is 10.0 Å². The highest BCUT2D eigenvalue weighted by Gasteiger charge is 2.27. The summed E-state index contributed by atoms with van der Waals surface area (Å²) in [7, 11) is -3.67.